The number of sulfonamides is 1. The van der Waals surface area contributed by atoms with E-state index in [1.54, 1.807) is 36.0 Å². The molecule has 28 heavy (non-hydrogen) atoms. The molecule has 0 saturated carbocycles. The first kappa shape index (κ1) is 20.1. The molecule has 0 amide bonds. The first-order valence-corrected chi connectivity index (χ1v) is 10.6. The smallest absolute Gasteiger partial charge is 0.307 e. The van der Waals surface area contributed by atoms with Crippen LogP contribution in [0.25, 0.3) is 10.6 Å². The third-order valence-corrected chi connectivity index (χ3v) is 6.64. The number of aromatic nitrogens is 3. The monoisotopic (exact) mass is 421 g/mol. The Balaban J connectivity index is 1.81. The van der Waals surface area contributed by atoms with E-state index < -0.39 is 10.0 Å². The van der Waals surface area contributed by atoms with E-state index >= 15 is 0 Å². The number of rotatable bonds is 7. The normalized spacial score (nSPS) is 11.5. The molecule has 3 N–H and O–H groups in total. The van der Waals surface area contributed by atoms with Gasteiger partial charge in [0.1, 0.15) is 0 Å². The maximum Gasteiger partial charge on any atom is 0.307 e. The van der Waals surface area contributed by atoms with E-state index in [0.29, 0.717) is 17.3 Å². The van der Waals surface area contributed by atoms with Crippen LogP contribution in [0.5, 0.6) is 0 Å². The molecule has 9 nitrogen and oxygen atoms in total. The molecule has 3 rings (SSSR count). The number of thiazole rings is 1. The molecule has 0 atom stereocenters. The summed E-state index contributed by atoms with van der Waals surface area (Å²) in [6, 6.07) is 7.80. The van der Waals surface area contributed by atoms with Crippen molar-refractivity contribution in [2.24, 2.45) is 7.05 Å². The fourth-order valence-electron chi connectivity index (χ4n) is 2.41. The lowest BCUT2D eigenvalue weighted by Gasteiger charge is -2.08. The predicted molar refractivity (Wildman–Crippen MR) is 107 cm³/mol. The third kappa shape index (κ3) is 4.28. The SMILES string of the molecule is Cc1c(-c2ccnc(Nc3ccc(S(=O)(=O)NCCO)cc3)n2)sc(=O)n1C. The minimum atomic E-state index is -3.66. The van der Waals surface area contributed by atoms with Gasteiger partial charge >= 0.3 is 4.87 Å². The Morgan fingerprint density at radius 3 is 2.54 bits per heavy atom. The van der Waals surface area contributed by atoms with Gasteiger partial charge in [0.25, 0.3) is 0 Å². The van der Waals surface area contributed by atoms with Gasteiger partial charge in [-0.3, -0.25) is 4.79 Å². The van der Waals surface area contributed by atoms with Gasteiger partial charge in [-0.2, -0.15) is 0 Å². The molecule has 0 aliphatic heterocycles. The van der Waals surface area contributed by atoms with Crippen LogP contribution in [-0.2, 0) is 17.1 Å². The zero-order valence-corrected chi connectivity index (χ0v) is 16.8. The average molecular weight is 422 g/mol. The lowest BCUT2D eigenvalue weighted by atomic mass is 10.3. The molecule has 0 spiro atoms. The van der Waals surface area contributed by atoms with Crippen LogP contribution in [0.1, 0.15) is 5.69 Å². The maximum atomic E-state index is 12.0. The van der Waals surface area contributed by atoms with Gasteiger partial charge in [0.2, 0.25) is 16.0 Å². The number of aliphatic hydroxyl groups excluding tert-OH is 1. The summed E-state index contributed by atoms with van der Waals surface area (Å²) >= 11 is 1.12. The van der Waals surface area contributed by atoms with Gasteiger partial charge in [0.05, 0.1) is 22.1 Å². The van der Waals surface area contributed by atoms with Crippen molar-refractivity contribution < 1.29 is 13.5 Å². The maximum absolute atomic E-state index is 12.0. The van der Waals surface area contributed by atoms with Gasteiger partial charge in [-0.05, 0) is 37.3 Å². The molecule has 3 aromatic rings. The molecule has 2 aromatic heterocycles. The number of benzene rings is 1. The Morgan fingerprint density at radius 2 is 1.93 bits per heavy atom. The Bertz CT molecular complexity index is 1140. The number of aliphatic hydroxyl groups is 1. The summed E-state index contributed by atoms with van der Waals surface area (Å²) in [6.45, 7) is 1.53. The molecule has 0 unspecified atom stereocenters. The number of nitrogens with one attached hydrogen (secondary N) is 2. The van der Waals surface area contributed by atoms with Crippen LogP contribution in [0.2, 0.25) is 0 Å². The second-order valence-electron chi connectivity index (χ2n) is 5.88. The highest BCUT2D eigenvalue weighted by Crippen LogP contribution is 2.25. The highest BCUT2D eigenvalue weighted by atomic mass is 32.2. The molecular weight excluding hydrogens is 402 g/mol. The van der Waals surface area contributed by atoms with Crippen LogP contribution in [0.4, 0.5) is 11.6 Å². The molecule has 0 radical (unpaired) electrons. The quantitative estimate of drug-likeness (QED) is 0.524. The van der Waals surface area contributed by atoms with E-state index in [4.69, 9.17) is 5.11 Å². The molecule has 2 heterocycles. The van der Waals surface area contributed by atoms with Crippen molar-refractivity contribution in [3.05, 3.63) is 51.9 Å². The van der Waals surface area contributed by atoms with Crippen molar-refractivity contribution in [3.8, 4) is 10.6 Å². The van der Waals surface area contributed by atoms with Crippen molar-refractivity contribution in [3.63, 3.8) is 0 Å². The molecule has 0 fully saturated rings. The Kier molecular flexibility index (Phi) is 5.89. The average Bonchev–Trinajstić information content (AvgIpc) is 2.94. The molecule has 0 saturated heterocycles. The minimum absolute atomic E-state index is 0.0477. The first-order chi connectivity index (χ1) is 13.3. The molecule has 0 aliphatic rings. The third-order valence-electron chi connectivity index (χ3n) is 4.01. The topological polar surface area (TPSA) is 126 Å². The summed E-state index contributed by atoms with van der Waals surface area (Å²) in [5.41, 5.74) is 2.06. The van der Waals surface area contributed by atoms with Gasteiger partial charge in [0.15, 0.2) is 0 Å². The summed E-state index contributed by atoms with van der Waals surface area (Å²) in [6.07, 6.45) is 1.59. The van der Waals surface area contributed by atoms with Crippen molar-refractivity contribution in [1.29, 1.82) is 0 Å². The van der Waals surface area contributed by atoms with E-state index in [-0.39, 0.29) is 22.9 Å². The molecule has 0 bridgehead atoms. The number of hydrogen-bond donors (Lipinski definition) is 3. The fraction of sp³-hybridized carbons (Fsp3) is 0.235. The molecular formula is C17H19N5O4S2. The van der Waals surface area contributed by atoms with Gasteiger partial charge in [-0.25, -0.2) is 23.1 Å². The molecule has 0 aliphatic carbocycles. The number of nitrogens with zero attached hydrogens (tertiary/aromatic N) is 3. The zero-order chi connectivity index (χ0) is 20.3. The van der Waals surface area contributed by atoms with Crippen LogP contribution in [0.3, 0.4) is 0 Å². The zero-order valence-electron chi connectivity index (χ0n) is 15.2. The van der Waals surface area contributed by atoms with E-state index in [0.717, 1.165) is 21.9 Å². The molecule has 1 aromatic carbocycles. The van der Waals surface area contributed by atoms with Crippen molar-refractivity contribution in [2.75, 3.05) is 18.5 Å². The lowest BCUT2D eigenvalue weighted by Crippen LogP contribution is -2.26. The first-order valence-electron chi connectivity index (χ1n) is 8.29. The van der Waals surface area contributed by atoms with Gasteiger partial charge in [0, 0.05) is 31.2 Å². The molecule has 11 heteroatoms. The van der Waals surface area contributed by atoms with E-state index in [1.165, 1.54) is 12.1 Å². The minimum Gasteiger partial charge on any atom is -0.395 e. The fourth-order valence-corrected chi connectivity index (χ4v) is 4.38. The molecule has 148 valence electrons. The Labute approximate surface area is 165 Å². The van der Waals surface area contributed by atoms with Crippen LogP contribution >= 0.6 is 11.3 Å². The van der Waals surface area contributed by atoms with E-state index in [9.17, 15) is 13.2 Å². The summed E-state index contributed by atoms with van der Waals surface area (Å²) < 4.78 is 27.9. The highest BCUT2D eigenvalue weighted by Gasteiger charge is 2.14. The lowest BCUT2D eigenvalue weighted by molar-refractivity contribution is 0.301. The summed E-state index contributed by atoms with van der Waals surface area (Å²) in [7, 11) is -1.95. The van der Waals surface area contributed by atoms with Gasteiger partial charge < -0.3 is 15.0 Å². The second kappa shape index (κ2) is 8.19. The standard InChI is InChI=1S/C17H19N5O4S2/c1-11-15(27-17(24)22(11)2)14-7-8-18-16(21-14)20-12-3-5-13(6-4-12)28(25,26)19-9-10-23/h3-8,19,23H,9-10H2,1-2H3,(H,18,20,21). The summed E-state index contributed by atoms with van der Waals surface area (Å²) in [5.74, 6) is 0.328. The second-order valence-corrected chi connectivity index (χ2v) is 8.61. The highest BCUT2D eigenvalue weighted by molar-refractivity contribution is 7.89. The van der Waals surface area contributed by atoms with Crippen molar-refractivity contribution in [1.82, 2.24) is 19.3 Å². The van der Waals surface area contributed by atoms with Crippen LogP contribution in [0, 0.1) is 6.92 Å². The largest absolute Gasteiger partial charge is 0.395 e. The van der Waals surface area contributed by atoms with Crippen LogP contribution in [0.15, 0.2) is 46.2 Å². The van der Waals surface area contributed by atoms with Gasteiger partial charge in [-0.1, -0.05) is 11.3 Å². The van der Waals surface area contributed by atoms with Crippen LogP contribution in [-0.4, -0.2) is 41.2 Å². The van der Waals surface area contributed by atoms with Crippen molar-refractivity contribution in [2.45, 2.75) is 11.8 Å². The summed E-state index contributed by atoms with van der Waals surface area (Å²) in [5, 5.41) is 11.8. The Hall–Kier alpha value is -2.60. The van der Waals surface area contributed by atoms with Crippen molar-refractivity contribution >= 4 is 33.0 Å². The van der Waals surface area contributed by atoms with E-state index in [2.05, 4.69) is 20.0 Å². The predicted octanol–water partition coefficient (Wildman–Crippen LogP) is 1.23. The Morgan fingerprint density at radius 1 is 1.21 bits per heavy atom. The number of anilines is 2. The van der Waals surface area contributed by atoms with E-state index in [1.807, 2.05) is 6.92 Å². The number of hydrogen-bond acceptors (Lipinski definition) is 8. The summed E-state index contributed by atoms with van der Waals surface area (Å²) in [4.78, 5) is 21.3. The van der Waals surface area contributed by atoms with Gasteiger partial charge in [-0.15, -0.1) is 0 Å². The van der Waals surface area contributed by atoms with Crippen LogP contribution < -0.4 is 14.9 Å².